The molecule has 116 valence electrons. The summed E-state index contributed by atoms with van der Waals surface area (Å²) in [7, 11) is 2.12. The van der Waals surface area contributed by atoms with Crippen LogP contribution >= 0.6 is 11.3 Å². The standard InChI is InChI=1S/C15H23N3O2S/c1-16-4-6-17(7-5-16)13-10-18(11-14(13)19)15(20)9-12-3-2-8-21-12/h2-3,8,13-14,19H,4-7,9-11H2,1H3/t13-,14-/m1/s1. The Morgan fingerprint density at radius 1 is 1.33 bits per heavy atom. The number of rotatable bonds is 3. The molecule has 3 heterocycles. The normalized spacial score (nSPS) is 28.2. The van der Waals surface area contributed by atoms with Gasteiger partial charge in [-0.2, -0.15) is 0 Å². The number of amides is 1. The molecule has 2 aliphatic rings. The Labute approximate surface area is 129 Å². The van der Waals surface area contributed by atoms with E-state index < -0.39 is 6.10 Å². The van der Waals surface area contributed by atoms with Crippen molar-refractivity contribution in [1.29, 1.82) is 0 Å². The van der Waals surface area contributed by atoms with Crippen molar-refractivity contribution in [3.63, 3.8) is 0 Å². The summed E-state index contributed by atoms with van der Waals surface area (Å²) in [6.45, 7) is 5.16. The third-order valence-corrected chi connectivity index (χ3v) is 5.40. The molecule has 5 nitrogen and oxygen atoms in total. The minimum atomic E-state index is -0.416. The van der Waals surface area contributed by atoms with Crippen molar-refractivity contribution in [2.45, 2.75) is 18.6 Å². The van der Waals surface area contributed by atoms with Crippen LogP contribution in [0.4, 0.5) is 0 Å². The lowest BCUT2D eigenvalue weighted by Crippen LogP contribution is -2.52. The highest BCUT2D eigenvalue weighted by Crippen LogP contribution is 2.20. The quantitative estimate of drug-likeness (QED) is 0.861. The first-order valence-electron chi connectivity index (χ1n) is 7.54. The zero-order chi connectivity index (χ0) is 14.8. The van der Waals surface area contributed by atoms with Gasteiger partial charge in [-0.15, -0.1) is 11.3 Å². The van der Waals surface area contributed by atoms with Gasteiger partial charge < -0.3 is 14.9 Å². The topological polar surface area (TPSA) is 47.0 Å². The summed E-state index contributed by atoms with van der Waals surface area (Å²) in [5.41, 5.74) is 0. The first-order valence-corrected chi connectivity index (χ1v) is 8.42. The summed E-state index contributed by atoms with van der Waals surface area (Å²) >= 11 is 1.61. The molecular formula is C15H23N3O2S. The van der Waals surface area contributed by atoms with Crippen LogP contribution in [0.25, 0.3) is 0 Å². The predicted octanol–water partition coefficient (Wildman–Crippen LogP) is 0.110. The van der Waals surface area contributed by atoms with Crippen LogP contribution < -0.4 is 0 Å². The number of thiophene rings is 1. The summed E-state index contributed by atoms with van der Waals surface area (Å²) in [5, 5.41) is 12.3. The van der Waals surface area contributed by atoms with Crippen LogP contribution in [0.5, 0.6) is 0 Å². The van der Waals surface area contributed by atoms with E-state index in [9.17, 15) is 9.90 Å². The molecule has 1 aromatic rings. The van der Waals surface area contributed by atoms with E-state index in [2.05, 4.69) is 16.8 Å². The molecule has 1 amide bonds. The zero-order valence-electron chi connectivity index (χ0n) is 12.4. The number of carbonyl (C=O) groups excluding carboxylic acids is 1. The van der Waals surface area contributed by atoms with E-state index in [0.29, 0.717) is 19.5 Å². The molecule has 2 atom stereocenters. The third kappa shape index (κ3) is 3.45. The number of β-amino-alcohol motifs (C(OH)–C–C–N with tert-alkyl or cyclic N) is 1. The maximum atomic E-state index is 12.3. The highest BCUT2D eigenvalue weighted by Gasteiger charge is 2.38. The van der Waals surface area contributed by atoms with Gasteiger partial charge >= 0.3 is 0 Å². The average molecular weight is 309 g/mol. The Hall–Kier alpha value is -0.950. The smallest absolute Gasteiger partial charge is 0.227 e. The number of likely N-dealkylation sites (tertiary alicyclic amines) is 1. The van der Waals surface area contributed by atoms with Crippen LogP contribution in [-0.4, -0.2) is 84.2 Å². The largest absolute Gasteiger partial charge is 0.390 e. The molecule has 0 radical (unpaired) electrons. The summed E-state index contributed by atoms with van der Waals surface area (Å²) in [6, 6.07) is 4.07. The highest BCUT2D eigenvalue weighted by atomic mass is 32.1. The van der Waals surface area contributed by atoms with Crippen molar-refractivity contribution in [3.8, 4) is 0 Å². The van der Waals surface area contributed by atoms with E-state index in [1.54, 1.807) is 11.3 Å². The van der Waals surface area contributed by atoms with Crippen LogP contribution in [0, 0.1) is 0 Å². The van der Waals surface area contributed by atoms with E-state index in [0.717, 1.165) is 31.1 Å². The Morgan fingerprint density at radius 2 is 2.10 bits per heavy atom. The Morgan fingerprint density at radius 3 is 2.76 bits per heavy atom. The SMILES string of the molecule is CN1CCN([C@@H]2CN(C(=O)Cc3cccs3)C[C@H]2O)CC1. The van der Waals surface area contributed by atoms with Crippen LogP contribution in [0.15, 0.2) is 17.5 Å². The van der Waals surface area contributed by atoms with Crippen molar-refractivity contribution in [3.05, 3.63) is 22.4 Å². The highest BCUT2D eigenvalue weighted by molar-refractivity contribution is 7.10. The molecule has 21 heavy (non-hydrogen) atoms. The zero-order valence-corrected chi connectivity index (χ0v) is 13.3. The minimum absolute atomic E-state index is 0.103. The third-order valence-electron chi connectivity index (χ3n) is 4.52. The number of nitrogens with zero attached hydrogens (tertiary/aromatic N) is 3. The lowest BCUT2D eigenvalue weighted by Gasteiger charge is -2.37. The first-order chi connectivity index (χ1) is 10.1. The van der Waals surface area contributed by atoms with E-state index in [1.807, 2.05) is 22.4 Å². The first kappa shape index (κ1) is 15.0. The van der Waals surface area contributed by atoms with Gasteiger partial charge in [0.15, 0.2) is 0 Å². The van der Waals surface area contributed by atoms with Crippen molar-refractivity contribution in [1.82, 2.24) is 14.7 Å². The van der Waals surface area contributed by atoms with Gasteiger partial charge in [0, 0.05) is 44.1 Å². The molecule has 0 spiro atoms. The summed E-state index contributed by atoms with van der Waals surface area (Å²) < 4.78 is 0. The summed E-state index contributed by atoms with van der Waals surface area (Å²) in [4.78, 5) is 19.9. The number of aliphatic hydroxyl groups excluding tert-OH is 1. The molecule has 0 bridgehead atoms. The molecule has 1 aromatic heterocycles. The molecule has 1 N–H and O–H groups in total. The van der Waals surface area contributed by atoms with E-state index >= 15 is 0 Å². The van der Waals surface area contributed by atoms with Crippen molar-refractivity contribution in [2.24, 2.45) is 0 Å². The fraction of sp³-hybridized carbons (Fsp3) is 0.667. The van der Waals surface area contributed by atoms with Crippen LogP contribution in [-0.2, 0) is 11.2 Å². The van der Waals surface area contributed by atoms with Gasteiger partial charge in [-0.25, -0.2) is 0 Å². The number of likely N-dealkylation sites (N-methyl/N-ethyl adjacent to an activating group) is 1. The molecule has 0 unspecified atom stereocenters. The van der Waals surface area contributed by atoms with Gasteiger partial charge in [-0.1, -0.05) is 6.07 Å². The number of hydrogen-bond acceptors (Lipinski definition) is 5. The van der Waals surface area contributed by atoms with Crippen LogP contribution in [0.1, 0.15) is 4.88 Å². The monoisotopic (exact) mass is 309 g/mol. The van der Waals surface area contributed by atoms with Crippen molar-refractivity contribution < 1.29 is 9.90 Å². The van der Waals surface area contributed by atoms with Gasteiger partial charge in [0.05, 0.1) is 18.6 Å². The minimum Gasteiger partial charge on any atom is -0.390 e. The Kier molecular flexibility index (Phi) is 4.59. The number of piperazine rings is 1. The molecule has 0 saturated carbocycles. The van der Waals surface area contributed by atoms with E-state index in [1.165, 1.54) is 0 Å². The van der Waals surface area contributed by atoms with Crippen LogP contribution in [0.3, 0.4) is 0 Å². The predicted molar refractivity (Wildman–Crippen MR) is 83.5 cm³/mol. The Balaban J connectivity index is 1.56. The van der Waals surface area contributed by atoms with Gasteiger partial charge in [-0.3, -0.25) is 9.69 Å². The second-order valence-corrected chi connectivity index (χ2v) is 7.06. The lowest BCUT2D eigenvalue weighted by atomic mass is 10.1. The Bertz CT molecular complexity index is 471. The molecule has 0 aromatic carbocycles. The van der Waals surface area contributed by atoms with E-state index in [-0.39, 0.29) is 11.9 Å². The number of hydrogen-bond donors (Lipinski definition) is 1. The van der Waals surface area contributed by atoms with Gasteiger partial charge in [0.25, 0.3) is 0 Å². The molecule has 0 aliphatic carbocycles. The van der Waals surface area contributed by atoms with Crippen molar-refractivity contribution in [2.75, 3.05) is 46.3 Å². The van der Waals surface area contributed by atoms with Crippen molar-refractivity contribution >= 4 is 17.2 Å². The number of carbonyl (C=O) groups is 1. The molecule has 2 saturated heterocycles. The fourth-order valence-corrected chi connectivity index (χ4v) is 3.86. The molecular weight excluding hydrogens is 286 g/mol. The molecule has 3 rings (SSSR count). The maximum Gasteiger partial charge on any atom is 0.227 e. The summed E-state index contributed by atoms with van der Waals surface area (Å²) in [6.07, 6.45) is 0.0422. The van der Waals surface area contributed by atoms with Gasteiger partial charge in [0.2, 0.25) is 5.91 Å². The molecule has 6 heteroatoms. The lowest BCUT2D eigenvalue weighted by molar-refractivity contribution is -0.129. The second-order valence-electron chi connectivity index (χ2n) is 6.03. The molecule has 2 fully saturated rings. The molecule has 2 aliphatic heterocycles. The average Bonchev–Trinajstić information content (AvgIpc) is 3.09. The van der Waals surface area contributed by atoms with Gasteiger partial charge in [-0.05, 0) is 18.5 Å². The van der Waals surface area contributed by atoms with Gasteiger partial charge in [0.1, 0.15) is 0 Å². The second kappa shape index (κ2) is 6.44. The van der Waals surface area contributed by atoms with Crippen LogP contribution in [0.2, 0.25) is 0 Å². The number of aliphatic hydroxyl groups is 1. The fourth-order valence-electron chi connectivity index (χ4n) is 3.16. The maximum absolute atomic E-state index is 12.3. The summed E-state index contributed by atoms with van der Waals surface area (Å²) in [5.74, 6) is 0.133. The van der Waals surface area contributed by atoms with E-state index in [4.69, 9.17) is 0 Å².